The molecule has 1 aromatic rings. The highest BCUT2D eigenvalue weighted by Crippen LogP contribution is 2.25. The number of rotatable bonds is 7. The topological polar surface area (TPSA) is 84.9 Å². The van der Waals surface area contributed by atoms with E-state index in [4.69, 9.17) is 9.47 Å². The number of carbonyl (C=O) groups excluding carboxylic acids is 1. The van der Waals surface area contributed by atoms with Crippen molar-refractivity contribution in [2.45, 2.75) is 38.7 Å². The lowest BCUT2D eigenvalue weighted by molar-refractivity contribution is -0.146. The van der Waals surface area contributed by atoms with E-state index in [9.17, 15) is 14.7 Å². The van der Waals surface area contributed by atoms with Gasteiger partial charge in [0, 0.05) is 13.2 Å². The summed E-state index contributed by atoms with van der Waals surface area (Å²) in [6.45, 7) is 7.24. The van der Waals surface area contributed by atoms with E-state index in [0.717, 1.165) is 0 Å². The summed E-state index contributed by atoms with van der Waals surface area (Å²) < 4.78 is 10.5. The SMILES string of the molecule is CCOCC(CNC(=O)OC(C)(C)C)(C(=O)O)c1ccccc1. The van der Waals surface area contributed by atoms with Gasteiger partial charge < -0.3 is 19.9 Å². The second kappa shape index (κ2) is 7.97. The number of carboxylic acid groups (broad SMARTS) is 1. The molecule has 0 spiro atoms. The van der Waals surface area contributed by atoms with Crippen LogP contribution in [0.1, 0.15) is 33.3 Å². The summed E-state index contributed by atoms with van der Waals surface area (Å²) in [6, 6.07) is 8.74. The summed E-state index contributed by atoms with van der Waals surface area (Å²) in [5, 5.41) is 12.3. The van der Waals surface area contributed by atoms with E-state index in [1.807, 2.05) is 0 Å². The molecule has 23 heavy (non-hydrogen) atoms. The second-order valence-electron chi connectivity index (χ2n) is 6.25. The molecule has 6 heteroatoms. The number of hydrogen-bond donors (Lipinski definition) is 2. The van der Waals surface area contributed by atoms with Crippen molar-refractivity contribution in [1.29, 1.82) is 0 Å². The number of amides is 1. The first-order valence-corrected chi connectivity index (χ1v) is 7.55. The Morgan fingerprint density at radius 1 is 1.17 bits per heavy atom. The number of alkyl carbamates (subject to hydrolysis) is 1. The van der Waals surface area contributed by atoms with Crippen LogP contribution in [0.2, 0.25) is 0 Å². The van der Waals surface area contributed by atoms with Crippen molar-refractivity contribution < 1.29 is 24.2 Å². The van der Waals surface area contributed by atoms with Crippen molar-refractivity contribution in [3.8, 4) is 0 Å². The van der Waals surface area contributed by atoms with E-state index in [1.165, 1.54) is 0 Å². The average molecular weight is 323 g/mol. The first-order chi connectivity index (χ1) is 10.7. The first-order valence-electron chi connectivity index (χ1n) is 7.55. The largest absolute Gasteiger partial charge is 0.480 e. The van der Waals surface area contributed by atoms with E-state index >= 15 is 0 Å². The Morgan fingerprint density at radius 2 is 1.78 bits per heavy atom. The standard InChI is InChI=1S/C17H25NO5/c1-5-22-12-17(14(19)20,13-9-7-6-8-10-13)11-18-15(21)23-16(2,3)4/h6-10H,5,11-12H2,1-4H3,(H,18,21)(H,19,20). The van der Waals surface area contributed by atoms with Crippen LogP contribution < -0.4 is 5.32 Å². The third-order valence-corrected chi connectivity index (χ3v) is 3.22. The maximum Gasteiger partial charge on any atom is 0.407 e. The van der Waals surface area contributed by atoms with Gasteiger partial charge in [0.25, 0.3) is 0 Å². The highest BCUT2D eigenvalue weighted by molar-refractivity contribution is 5.83. The molecule has 0 saturated heterocycles. The quantitative estimate of drug-likeness (QED) is 0.805. The first kappa shape index (κ1) is 19.0. The monoisotopic (exact) mass is 323 g/mol. The number of aliphatic carboxylic acids is 1. The van der Waals surface area contributed by atoms with Crippen LogP contribution in [-0.4, -0.2) is 42.5 Å². The summed E-state index contributed by atoms with van der Waals surface area (Å²) in [6.07, 6.45) is -0.657. The summed E-state index contributed by atoms with van der Waals surface area (Å²) in [7, 11) is 0. The maximum absolute atomic E-state index is 12.0. The minimum atomic E-state index is -1.37. The smallest absolute Gasteiger partial charge is 0.407 e. The third-order valence-electron chi connectivity index (χ3n) is 3.22. The molecule has 1 unspecified atom stereocenters. The predicted octanol–water partition coefficient (Wildman–Crippen LogP) is 2.57. The van der Waals surface area contributed by atoms with Gasteiger partial charge in [0.05, 0.1) is 6.61 Å². The number of ether oxygens (including phenoxy) is 2. The van der Waals surface area contributed by atoms with Crippen molar-refractivity contribution in [3.05, 3.63) is 35.9 Å². The predicted molar refractivity (Wildman–Crippen MR) is 86.5 cm³/mol. The molecule has 0 aromatic heterocycles. The molecular weight excluding hydrogens is 298 g/mol. The molecule has 0 saturated carbocycles. The van der Waals surface area contributed by atoms with Crippen LogP contribution in [0.15, 0.2) is 30.3 Å². The fourth-order valence-corrected chi connectivity index (χ4v) is 2.07. The number of carboxylic acids is 1. The van der Waals surface area contributed by atoms with Crippen LogP contribution in [0.4, 0.5) is 4.79 Å². The molecule has 0 aliphatic heterocycles. The van der Waals surface area contributed by atoms with Crippen molar-refractivity contribution in [2.24, 2.45) is 0 Å². The van der Waals surface area contributed by atoms with Gasteiger partial charge in [-0.3, -0.25) is 4.79 Å². The summed E-state index contributed by atoms with van der Waals surface area (Å²) in [5.74, 6) is -1.06. The fourth-order valence-electron chi connectivity index (χ4n) is 2.07. The number of nitrogens with one attached hydrogen (secondary N) is 1. The Balaban J connectivity index is 2.99. The second-order valence-corrected chi connectivity index (χ2v) is 6.25. The Morgan fingerprint density at radius 3 is 2.26 bits per heavy atom. The Hall–Kier alpha value is -2.08. The van der Waals surface area contributed by atoms with Gasteiger partial charge in [0.15, 0.2) is 0 Å². The molecule has 0 radical (unpaired) electrons. The van der Waals surface area contributed by atoms with E-state index < -0.39 is 23.1 Å². The van der Waals surface area contributed by atoms with Gasteiger partial charge in [-0.05, 0) is 33.3 Å². The molecule has 1 amide bonds. The Labute approximate surface area is 136 Å². The molecule has 6 nitrogen and oxygen atoms in total. The van der Waals surface area contributed by atoms with Crippen LogP contribution >= 0.6 is 0 Å². The zero-order chi connectivity index (χ0) is 17.5. The lowest BCUT2D eigenvalue weighted by Gasteiger charge is -2.30. The average Bonchev–Trinajstić information content (AvgIpc) is 2.46. The zero-order valence-corrected chi connectivity index (χ0v) is 14.1. The van der Waals surface area contributed by atoms with Crippen LogP contribution in [0, 0.1) is 0 Å². The van der Waals surface area contributed by atoms with Crippen molar-refractivity contribution in [2.75, 3.05) is 19.8 Å². The van der Waals surface area contributed by atoms with Crippen LogP contribution in [0.3, 0.4) is 0 Å². The van der Waals surface area contributed by atoms with Crippen molar-refractivity contribution in [1.82, 2.24) is 5.32 Å². The molecule has 0 aliphatic rings. The zero-order valence-electron chi connectivity index (χ0n) is 14.1. The van der Waals surface area contributed by atoms with Crippen LogP contribution in [-0.2, 0) is 19.7 Å². The van der Waals surface area contributed by atoms with Crippen molar-refractivity contribution >= 4 is 12.1 Å². The molecule has 0 aliphatic carbocycles. The fraction of sp³-hybridized carbons (Fsp3) is 0.529. The minimum absolute atomic E-state index is 0.0430. The number of benzene rings is 1. The third kappa shape index (κ3) is 5.56. The van der Waals surface area contributed by atoms with Gasteiger partial charge in [0.1, 0.15) is 11.0 Å². The minimum Gasteiger partial charge on any atom is -0.480 e. The van der Waals surface area contributed by atoms with Crippen molar-refractivity contribution in [3.63, 3.8) is 0 Å². The van der Waals surface area contributed by atoms with Gasteiger partial charge in [-0.25, -0.2) is 4.79 Å². The van der Waals surface area contributed by atoms with E-state index in [1.54, 1.807) is 58.0 Å². The van der Waals surface area contributed by atoms with E-state index in [2.05, 4.69) is 5.32 Å². The summed E-state index contributed by atoms with van der Waals surface area (Å²) in [5.41, 5.74) is -1.45. The summed E-state index contributed by atoms with van der Waals surface area (Å²) in [4.78, 5) is 23.8. The molecule has 128 valence electrons. The van der Waals surface area contributed by atoms with Crippen LogP contribution in [0.25, 0.3) is 0 Å². The highest BCUT2D eigenvalue weighted by atomic mass is 16.6. The molecule has 1 aromatic carbocycles. The van der Waals surface area contributed by atoms with Crippen LogP contribution in [0.5, 0.6) is 0 Å². The summed E-state index contributed by atoms with van der Waals surface area (Å²) >= 11 is 0. The molecular formula is C17H25NO5. The normalized spacial score (nSPS) is 13.9. The molecule has 0 bridgehead atoms. The number of carbonyl (C=O) groups is 2. The van der Waals surface area contributed by atoms with Gasteiger partial charge in [-0.2, -0.15) is 0 Å². The Bertz CT molecular complexity index is 524. The maximum atomic E-state index is 12.0. The molecule has 1 rings (SSSR count). The molecule has 0 heterocycles. The van der Waals surface area contributed by atoms with Gasteiger partial charge in [-0.1, -0.05) is 30.3 Å². The highest BCUT2D eigenvalue weighted by Gasteiger charge is 2.41. The lowest BCUT2D eigenvalue weighted by atomic mass is 9.81. The molecule has 0 fully saturated rings. The van der Waals surface area contributed by atoms with E-state index in [0.29, 0.717) is 12.2 Å². The van der Waals surface area contributed by atoms with E-state index in [-0.39, 0.29) is 13.2 Å². The Kier molecular flexibility index (Phi) is 6.57. The number of hydrogen-bond acceptors (Lipinski definition) is 4. The molecule has 2 N–H and O–H groups in total. The van der Waals surface area contributed by atoms with Gasteiger partial charge in [0.2, 0.25) is 0 Å². The lowest BCUT2D eigenvalue weighted by Crippen LogP contribution is -2.50. The molecule has 1 atom stereocenters. The van der Waals surface area contributed by atoms with Gasteiger partial charge in [-0.15, -0.1) is 0 Å². The van der Waals surface area contributed by atoms with Gasteiger partial charge >= 0.3 is 12.1 Å².